The van der Waals surface area contributed by atoms with Gasteiger partial charge in [0.05, 0.1) is 0 Å². The Kier molecular flexibility index (Phi) is 3.12. The molecule has 1 fully saturated rings. The minimum absolute atomic E-state index is 0.121. The van der Waals surface area contributed by atoms with Crippen LogP contribution in [0.15, 0.2) is 40.8 Å². The molecule has 1 saturated heterocycles. The molecule has 4 rings (SSSR count). The fourth-order valence-corrected chi connectivity index (χ4v) is 2.98. The van der Waals surface area contributed by atoms with Gasteiger partial charge in [0, 0.05) is 41.9 Å². The molecule has 1 aliphatic rings. The Morgan fingerprint density at radius 2 is 2.05 bits per heavy atom. The average molecular weight is 294 g/mol. The number of furan rings is 1. The van der Waals surface area contributed by atoms with Crippen molar-refractivity contribution in [3.05, 3.63) is 47.7 Å². The van der Waals surface area contributed by atoms with Crippen LogP contribution in [0.3, 0.4) is 0 Å². The van der Waals surface area contributed by atoms with Crippen LogP contribution in [-0.4, -0.2) is 25.5 Å². The van der Waals surface area contributed by atoms with Gasteiger partial charge in [0.2, 0.25) is 0 Å². The van der Waals surface area contributed by atoms with Gasteiger partial charge in [-0.2, -0.15) is 0 Å². The van der Waals surface area contributed by atoms with Crippen LogP contribution in [0.4, 0.5) is 0 Å². The lowest BCUT2D eigenvalue weighted by Gasteiger charge is -2.26. The second kappa shape index (κ2) is 5.14. The van der Waals surface area contributed by atoms with Gasteiger partial charge in [0.15, 0.2) is 5.76 Å². The second-order valence-corrected chi connectivity index (χ2v) is 5.95. The first-order chi connectivity index (χ1) is 10.7. The molecule has 4 nitrogen and oxygen atoms in total. The smallest absolute Gasteiger partial charge is 0.287 e. The fourth-order valence-electron chi connectivity index (χ4n) is 2.98. The van der Waals surface area contributed by atoms with E-state index in [0.29, 0.717) is 18.2 Å². The standard InChI is InChI=1S/C18H18N2O2/c1-11-14-7-6-13-4-2-3-5-15(13)17(14)22-16(11)18(21)20-10-12-8-19-9-12/h2-7,12,19H,8-10H2,1H3,(H,20,21). The SMILES string of the molecule is Cc1c(C(=O)NCC2CNC2)oc2c1ccc1ccccc12. The quantitative estimate of drug-likeness (QED) is 0.781. The zero-order valence-electron chi connectivity index (χ0n) is 12.5. The molecule has 3 aromatic rings. The summed E-state index contributed by atoms with van der Waals surface area (Å²) in [6, 6.07) is 12.2. The van der Waals surface area contributed by atoms with Crippen molar-refractivity contribution in [3.8, 4) is 0 Å². The van der Waals surface area contributed by atoms with Crippen LogP contribution < -0.4 is 10.6 Å². The molecule has 2 aromatic carbocycles. The Balaban J connectivity index is 1.72. The van der Waals surface area contributed by atoms with Gasteiger partial charge >= 0.3 is 0 Å². The number of fused-ring (bicyclic) bond motifs is 3. The average Bonchev–Trinajstić information content (AvgIpc) is 2.83. The molecule has 0 bridgehead atoms. The highest BCUT2D eigenvalue weighted by Crippen LogP contribution is 2.31. The highest BCUT2D eigenvalue weighted by atomic mass is 16.3. The van der Waals surface area contributed by atoms with E-state index in [9.17, 15) is 4.79 Å². The third kappa shape index (κ3) is 2.07. The number of carbonyl (C=O) groups is 1. The molecule has 1 amide bonds. The minimum Gasteiger partial charge on any atom is -0.450 e. The molecule has 0 saturated carbocycles. The first-order valence-corrected chi connectivity index (χ1v) is 7.64. The summed E-state index contributed by atoms with van der Waals surface area (Å²) in [5, 5.41) is 9.36. The van der Waals surface area contributed by atoms with Crippen molar-refractivity contribution >= 4 is 27.6 Å². The van der Waals surface area contributed by atoms with Crippen molar-refractivity contribution in [2.45, 2.75) is 6.92 Å². The Hall–Kier alpha value is -2.33. The summed E-state index contributed by atoms with van der Waals surface area (Å²) in [5.74, 6) is 0.845. The molecule has 2 N–H and O–H groups in total. The fraction of sp³-hybridized carbons (Fsp3) is 0.278. The molecule has 112 valence electrons. The number of amides is 1. The van der Waals surface area contributed by atoms with Crippen molar-refractivity contribution in [2.24, 2.45) is 5.92 Å². The maximum atomic E-state index is 12.4. The Morgan fingerprint density at radius 1 is 1.23 bits per heavy atom. The van der Waals surface area contributed by atoms with Gasteiger partial charge in [-0.15, -0.1) is 0 Å². The minimum atomic E-state index is -0.121. The Bertz CT molecular complexity index is 862. The molecule has 0 unspecified atom stereocenters. The number of rotatable bonds is 3. The predicted octanol–water partition coefficient (Wildman–Crippen LogP) is 2.84. The van der Waals surface area contributed by atoms with E-state index in [4.69, 9.17) is 4.42 Å². The molecule has 22 heavy (non-hydrogen) atoms. The third-order valence-corrected chi connectivity index (χ3v) is 4.45. The van der Waals surface area contributed by atoms with E-state index >= 15 is 0 Å². The van der Waals surface area contributed by atoms with Crippen LogP contribution in [0.2, 0.25) is 0 Å². The van der Waals surface area contributed by atoms with Crippen LogP contribution in [0.1, 0.15) is 16.1 Å². The van der Waals surface area contributed by atoms with Gasteiger partial charge in [0.1, 0.15) is 5.58 Å². The normalized spacial score (nSPS) is 15.1. The molecule has 4 heteroatoms. The zero-order chi connectivity index (χ0) is 15.1. The maximum Gasteiger partial charge on any atom is 0.287 e. The lowest BCUT2D eigenvalue weighted by Crippen LogP contribution is -2.48. The number of benzene rings is 2. The molecule has 1 aliphatic heterocycles. The lowest BCUT2D eigenvalue weighted by molar-refractivity contribution is 0.0916. The van der Waals surface area contributed by atoms with Gasteiger partial charge in [-0.1, -0.05) is 36.4 Å². The molecule has 1 aromatic heterocycles. The van der Waals surface area contributed by atoms with Crippen molar-refractivity contribution in [3.63, 3.8) is 0 Å². The van der Waals surface area contributed by atoms with E-state index in [0.717, 1.165) is 40.4 Å². The molecule has 0 spiro atoms. The van der Waals surface area contributed by atoms with Gasteiger partial charge in [-0.3, -0.25) is 4.79 Å². The third-order valence-electron chi connectivity index (χ3n) is 4.45. The van der Waals surface area contributed by atoms with Crippen molar-refractivity contribution < 1.29 is 9.21 Å². The Labute approximate surface area is 128 Å². The van der Waals surface area contributed by atoms with Crippen LogP contribution in [0.25, 0.3) is 21.7 Å². The van der Waals surface area contributed by atoms with Gasteiger partial charge < -0.3 is 15.1 Å². The van der Waals surface area contributed by atoms with Crippen LogP contribution in [-0.2, 0) is 0 Å². The van der Waals surface area contributed by atoms with Crippen molar-refractivity contribution in [1.82, 2.24) is 10.6 Å². The van der Waals surface area contributed by atoms with E-state index in [1.54, 1.807) is 0 Å². The number of hydrogen-bond acceptors (Lipinski definition) is 3. The van der Waals surface area contributed by atoms with Crippen LogP contribution in [0, 0.1) is 12.8 Å². The molecule has 0 aliphatic carbocycles. The molecule has 0 atom stereocenters. The summed E-state index contributed by atoms with van der Waals surface area (Å²) in [4.78, 5) is 12.4. The van der Waals surface area contributed by atoms with Gasteiger partial charge in [0.25, 0.3) is 5.91 Å². The van der Waals surface area contributed by atoms with Gasteiger partial charge in [-0.25, -0.2) is 0 Å². The monoisotopic (exact) mass is 294 g/mol. The number of hydrogen-bond donors (Lipinski definition) is 2. The van der Waals surface area contributed by atoms with E-state index in [1.807, 2.05) is 31.2 Å². The van der Waals surface area contributed by atoms with Crippen molar-refractivity contribution in [1.29, 1.82) is 0 Å². The summed E-state index contributed by atoms with van der Waals surface area (Å²) < 4.78 is 5.93. The lowest BCUT2D eigenvalue weighted by atomic mass is 10.0. The van der Waals surface area contributed by atoms with E-state index in [1.165, 1.54) is 0 Å². The van der Waals surface area contributed by atoms with E-state index < -0.39 is 0 Å². The maximum absolute atomic E-state index is 12.4. The summed E-state index contributed by atoms with van der Waals surface area (Å²) in [6.45, 7) is 4.59. The van der Waals surface area contributed by atoms with Gasteiger partial charge in [-0.05, 0) is 12.3 Å². The highest BCUT2D eigenvalue weighted by Gasteiger charge is 2.21. The molecular formula is C18H18N2O2. The second-order valence-electron chi connectivity index (χ2n) is 5.95. The first kappa shape index (κ1) is 13.3. The predicted molar refractivity (Wildman–Crippen MR) is 87.1 cm³/mol. The topological polar surface area (TPSA) is 54.3 Å². The summed E-state index contributed by atoms with van der Waals surface area (Å²) in [7, 11) is 0. The molecule has 0 radical (unpaired) electrons. The highest BCUT2D eigenvalue weighted by molar-refractivity contribution is 6.08. The molecular weight excluding hydrogens is 276 g/mol. The van der Waals surface area contributed by atoms with Crippen molar-refractivity contribution in [2.75, 3.05) is 19.6 Å². The van der Waals surface area contributed by atoms with E-state index in [-0.39, 0.29) is 5.91 Å². The zero-order valence-corrected chi connectivity index (χ0v) is 12.5. The summed E-state index contributed by atoms with van der Waals surface area (Å²) >= 11 is 0. The largest absolute Gasteiger partial charge is 0.450 e. The van der Waals surface area contributed by atoms with Crippen LogP contribution in [0.5, 0.6) is 0 Å². The summed E-state index contributed by atoms with van der Waals surface area (Å²) in [6.07, 6.45) is 0. The number of aryl methyl sites for hydroxylation is 1. The number of nitrogens with one attached hydrogen (secondary N) is 2. The van der Waals surface area contributed by atoms with E-state index in [2.05, 4.69) is 22.8 Å². The molecule has 2 heterocycles. The summed E-state index contributed by atoms with van der Waals surface area (Å²) in [5.41, 5.74) is 1.70. The first-order valence-electron chi connectivity index (χ1n) is 7.64. The Morgan fingerprint density at radius 3 is 2.82 bits per heavy atom. The number of carbonyl (C=O) groups excluding carboxylic acids is 1. The van der Waals surface area contributed by atoms with Crippen LogP contribution >= 0.6 is 0 Å².